The Labute approximate surface area is 110 Å². The molecule has 0 radical (unpaired) electrons. The van der Waals surface area contributed by atoms with Crippen molar-refractivity contribution in [2.45, 2.75) is 13.3 Å². The van der Waals surface area contributed by atoms with Crippen LogP contribution < -0.4 is 5.32 Å². The third-order valence-electron chi connectivity index (χ3n) is 2.39. The maximum atomic E-state index is 5.95. The predicted octanol–water partition coefficient (Wildman–Crippen LogP) is 4.09. The predicted molar refractivity (Wildman–Crippen MR) is 71.2 cm³/mol. The highest BCUT2D eigenvalue weighted by Crippen LogP contribution is 2.27. The molecule has 17 heavy (non-hydrogen) atoms. The minimum atomic E-state index is 0.306. The van der Waals surface area contributed by atoms with Crippen LogP contribution in [0.2, 0.25) is 10.3 Å². The average Bonchev–Trinajstić information content (AvgIpc) is 2.34. The summed E-state index contributed by atoms with van der Waals surface area (Å²) >= 11 is 11.7. The SMILES string of the molecule is CCc1ccccc1Nc1cc(Cl)nnc1Cl. The molecule has 0 aliphatic carbocycles. The van der Waals surface area contributed by atoms with Gasteiger partial charge in [0.15, 0.2) is 10.3 Å². The van der Waals surface area contributed by atoms with Crippen molar-refractivity contribution in [1.82, 2.24) is 10.2 Å². The third-order valence-corrected chi connectivity index (χ3v) is 2.85. The molecule has 0 bridgehead atoms. The molecule has 0 aliphatic heterocycles. The van der Waals surface area contributed by atoms with Crippen molar-refractivity contribution in [3.05, 3.63) is 46.2 Å². The molecule has 1 aromatic heterocycles. The number of nitrogens with zero attached hydrogens (tertiary/aromatic N) is 2. The Hall–Kier alpha value is -1.32. The molecule has 0 saturated carbocycles. The van der Waals surface area contributed by atoms with E-state index in [4.69, 9.17) is 23.2 Å². The Morgan fingerprint density at radius 2 is 1.88 bits per heavy atom. The van der Waals surface area contributed by atoms with Crippen LogP contribution in [0.5, 0.6) is 0 Å². The second-order valence-corrected chi connectivity index (χ2v) is 4.25. The van der Waals surface area contributed by atoms with E-state index in [9.17, 15) is 0 Å². The van der Waals surface area contributed by atoms with E-state index < -0.39 is 0 Å². The standard InChI is InChI=1S/C12H11Cl2N3/c1-2-8-5-3-4-6-9(8)15-10-7-11(13)16-17-12(10)14/h3-7H,2H2,1H3,(H,15,16). The van der Waals surface area contributed by atoms with Gasteiger partial charge in [0.05, 0.1) is 5.69 Å². The number of anilines is 2. The van der Waals surface area contributed by atoms with Crippen molar-refractivity contribution >= 4 is 34.6 Å². The average molecular weight is 268 g/mol. The van der Waals surface area contributed by atoms with Gasteiger partial charge in [0.25, 0.3) is 0 Å². The molecule has 0 amide bonds. The van der Waals surface area contributed by atoms with E-state index in [1.165, 1.54) is 5.56 Å². The van der Waals surface area contributed by atoms with Crippen LogP contribution in [0.1, 0.15) is 12.5 Å². The van der Waals surface area contributed by atoms with Gasteiger partial charge in [-0.3, -0.25) is 0 Å². The van der Waals surface area contributed by atoms with Crippen LogP contribution in [0.3, 0.4) is 0 Å². The number of benzene rings is 1. The van der Waals surface area contributed by atoms with E-state index in [0.29, 0.717) is 16.0 Å². The molecule has 1 heterocycles. The number of nitrogens with one attached hydrogen (secondary N) is 1. The Morgan fingerprint density at radius 3 is 2.65 bits per heavy atom. The number of halogens is 2. The van der Waals surface area contributed by atoms with E-state index in [0.717, 1.165) is 12.1 Å². The normalized spacial score (nSPS) is 10.3. The fraction of sp³-hybridized carbons (Fsp3) is 0.167. The number of hydrogen-bond donors (Lipinski definition) is 1. The van der Waals surface area contributed by atoms with Gasteiger partial charge in [-0.2, -0.15) is 0 Å². The lowest BCUT2D eigenvalue weighted by molar-refractivity contribution is 1.03. The van der Waals surface area contributed by atoms with Gasteiger partial charge in [-0.1, -0.05) is 48.3 Å². The topological polar surface area (TPSA) is 37.8 Å². The highest BCUT2D eigenvalue weighted by molar-refractivity contribution is 6.33. The summed E-state index contributed by atoms with van der Waals surface area (Å²) in [6, 6.07) is 9.67. The van der Waals surface area contributed by atoms with Crippen LogP contribution in [-0.4, -0.2) is 10.2 Å². The summed E-state index contributed by atoms with van der Waals surface area (Å²) in [5, 5.41) is 11.2. The lowest BCUT2D eigenvalue weighted by Crippen LogP contribution is -1.97. The summed E-state index contributed by atoms with van der Waals surface area (Å²) in [5.41, 5.74) is 2.87. The van der Waals surface area contributed by atoms with Crippen molar-refractivity contribution in [1.29, 1.82) is 0 Å². The van der Waals surface area contributed by atoms with Gasteiger partial charge < -0.3 is 5.32 Å². The number of aromatic nitrogens is 2. The van der Waals surface area contributed by atoms with Crippen molar-refractivity contribution in [2.24, 2.45) is 0 Å². The first-order valence-corrected chi connectivity index (χ1v) is 6.00. The van der Waals surface area contributed by atoms with Gasteiger partial charge in [-0.15, -0.1) is 10.2 Å². The zero-order valence-corrected chi connectivity index (χ0v) is 10.8. The lowest BCUT2D eigenvalue weighted by Gasteiger charge is -2.11. The molecule has 0 aliphatic rings. The van der Waals surface area contributed by atoms with Crippen molar-refractivity contribution in [2.75, 3.05) is 5.32 Å². The fourth-order valence-corrected chi connectivity index (χ4v) is 1.82. The van der Waals surface area contributed by atoms with Gasteiger partial charge in [0.1, 0.15) is 0 Å². The Bertz CT molecular complexity index is 529. The van der Waals surface area contributed by atoms with Gasteiger partial charge in [-0.05, 0) is 18.1 Å². The molecule has 0 atom stereocenters. The smallest absolute Gasteiger partial charge is 0.175 e. The minimum Gasteiger partial charge on any atom is -0.353 e. The summed E-state index contributed by atoms with van der Waals surface area (Å²) in [6.07, 6.45) is 0.938. The summed E-state index contributed by atoms with van der Waals surface area (Å²) < 4.78 is 0. The largest absolute Gasteiger partial charge is 0.353 e. The monoisotopic (exact) mass is 267 g/mol. The van der Waals surface area contributed by atoms with Gasteiger partial charge in [0.2, 0.25) is 0 Å². The lowest BCUT2D eigenvalue weighted by atomic mass is 10.1. The molecule has 2 rings (SSSR count). The molecule has 0 fully saturated rings. The first-order valence-electron chi connectivity index (χ1n) is 5.24. The molecule has 2 aromatic rings. The van der Waals surface area contributed by atoms with Crippen LogP contribution in [0, 0.1) is 0 Å². The number of rotatable bonds is 3. The number of para-hydroxylation sites is 1. The number of hydrogen-bond acceptors (Lipinski definition) is 3. The van der Waals surface area contributed by atoms with Crippen LogP contribution in [0.25, 0.3) is 0 Å². The van der Waals surface area contributed by atoms with Crippen LogP contribution >= 0.6 is 23.2 Å². The van der Waals surface area contributed by atoms with Gasteiger partial charge in [0, 0.05) is 11.8 Å². The Kier molecular flexibility index (Phi) is 3.82. The van der Waals surface area contributed by atoms with E-state index in [1.54, 1.807) is 6.07 Å². The van der Waals surface area contributed by atoms with E-state index in [2.05, 4.69) is 28.5 Å². The number of aryl methyl sites for hydroxylation is 1. The van der Waals surface area contributed by atoms with E-state index in [1.807, 2.05) is 18.2 Å². The molecule has 0 spiro atoms. The molecule has 0 unspecified atom stereocenters. The molecule has 0 saturated heterocycles. The zero-order chi connectivity index (χ0) is 12.3. The summed E-state index contributed by atoms with van der Waals surface area (Å²) in [7, 11) is 0. The van der Waals surface area contributed by atoms with Gasteiger partial charge >= 0.3 is 0 Å². The molecular formula is C12H11Cl2N3. The Balaban J connectivity index is 2.34. The fourth-order valence-electron chi connectivity index (χ4n) is 1.54. The van der Waals surface area contributed by atoms with Crippen molar-refractivity contribution < 1.29 is 0 Å². The first-order chi connectivity index (χ1) is 8.20. The molecule has 5 heteroatoms. The molecule has 3 nitrogen and oxygen atoms in total. The van der Waals surface area contributed by atoms with Crippen molar-refractivity contribution in [3.63, 3.8) is 0 Å². The molecule has 1 aromatic carbocycles. The van der Waals surface area contributed by atoms with E-state index in [-0.39, 0.29) is 0 Å². The van der Waals surface area contributed by atoms with Crippen molar-refractivity contribution in [3.8, 4) is 0 Å². The van der Waals surface area contributed by atoms with Gasteiger partial charge in [-0.25, -0.2) is 0 Å². The summed E-state index contributed by atoms with van der Waals surface area (Å²) in [5.74, 6) is 0. The highest BCUT2D eigenvalue weighted by Gasteiger charge is 2.06. The van der Waals surface area contributed by atoms with Crippen LogP contribution in [0.15, 0.2) is 30.3 Å². The molecule has 1 N–H and O–H groups in total. The maximum absolute atomic E-state index is 5.95. The zero-order valence-electron chi connectivity index (χ0n) is 9.24. The summed E-state index contributed by atoms with van der Waals surface area (Å²) in [4.78, 5) is 0. The molecule has 88 valence electrons. The quantitative estimate of drug-likeness (QED) is 0.911. The van der Waals surface area contributed by atoms with Crippen LogP contribution in [-0.2, 0) is 6.42 Å². The molecular weight excluding hydrogens is 257 g/mol. The Morgan fingerprint density at radius 1 is 1.12 bits per heavy atom. The van der Waals surface area contributed by atoms with E-state index >= 15 is 0 Å². The second kappa shape index (κ2) is 5.34. The third kappa shape index (κ3) is 2.87. The second-order valence-electron chi connectivity index (χ2n) is 3.51. The first kappa shape index (κ1) is 12.1. The van der Waals surface area contributed by atoms with Crippen LogP contribution in [0.4, 0.5) is 11.4 Å². The minimum absolute atomic E-state index is 0.306. The maximum Gasteiger partial charge on any atom is 0.175 e. The summed E-state index contributed by atoms with van der Waals surface area (Å²) in [6.45, 7) is 2.10. The highest BCUT2D eigenvalue weighted by atomic mass is 35.5.